The molecule has 16 heteroatoms. The molecule has 50 heavy (non-hydrogen) atoms. The normalized spacial score (nSPS) is 16.8. The van der Waals surface area contributed by atoms with E-state index in [1.165, 1.54) is 23.9 Å². The average molecular weight is 704 g/mol. The first-order chi connectivity index (χ1) is 23.7. The highest BCUT2D eigenvalue weighted by atomic mass is 19.4. The highest BCUT2D eigenvalue weighted by Gasteiger charge is 2.40. The van der Waals surface area contributed by atoms with Gasteiger partial charge in [0.1, 0.15) is 11.6 Å². The van der Waals surface area contributed by atoms with Gasteiger partial charge in [-0.15, -0.1) is 0 Å². The van der Waals surface area contributed by atoms with Gasteiger partial charge in [0, 0.05) is 25.1 Å². The minimum atomic E-state index is -5.02. The maximum absolute atomic E-state index is 15.1. The van der Waals surface area contributed by atoms with Crippen molar-refractivity contribution in [3.8, 4) is 22.9 Å². The number of alkyl halides is 6. The molecule has 0 aliphatic heterocycles. The first kappa shape index (κ1) is 34.6. The van der Waals surface area contributed by atoms with E-state index in [1.54, 1.807) is 30.3 Å². The van der Waals surface area contributed by atoms with Gasteiger partial charge in [-0.3, -0.25) is 9.59 Å². The maximum atomic E-state index is 15.1. The van der Waals surface area contributed by atoms with Gasteiger partial charge >= 0.3 is 12.4 Å². The number of hydrogen-bond acceptors (Lipinski definition) is 7. The second-order valence-electron chi connectivity index (χ2n) is 12.0. The number of fused-ring (bicyclic) bond motifs is 1. The second kappa shape index (κ2) is 13.6. The zero-order chi connectivity index (χ0) is 35.8. The SMILES string of the molecule is COc1ccc(Cn2ncc(O[C@H]3CCC[C@@H](Cn4ccc5cc(-c6ncc(C(F)(F)F)cn6)c(F)cc5c4=O)C3)c(C(F)(F)F)c2=O)cc1. The molecular formula is C34H28F7N5O4. The third-order valence-corrected chi connectivity index (χ3v) is 8.55. The minimum absolute atomic E-state index is 0.0142. The number of halogens is 7. The summed E-state index contributed by atoms with van der Waals surface area (Å²) >= 11 is 0. The molecule has 1 saturated carbocycles. The molecule has 0 bridgehead atoms. The van der Waals surface area contributed by atoms with E-state index in [9.17, 15) is 35.9 Å². The van der Waals surface area contributed by atoms with E-state index in [4.69, 9.17) is 9.47 Å². The summed E-state index contributed by atoms with van der Waals surface area (Å²) in [6, 6.07) is 10.2. The van der Waals surface area contributed by atoms with Gasteiger partial charge in [0.2, 0.25) is 0 Å². The molecule has 0 amide bonds. The monoisotopic (exact) mass is 703 g/mol. The van der Waals surface area contributed by atoms with Crippen molar-refractivity contribution in [1.29, 1.82) is 0 Å². The molecule has 0 radical (unpaired) electrons. The number of hydrogen-bond donors (Lipinski definition) is 0. The predicted octanol–water partition coefficient (Wildman–Crippen LogP) is 6.89. The summed E-state index contributed by atoms with van der Waals surface area (Å²) in [5, 5.41) is 4.27. The summed E-state index contributed by atoms with van der Waals surface area (Å²) in [7, 11) is 1.47. The van der Waals surface area contributed by atoms with Crippen LogP contribution in [0.25, 0.3) is 22.2 Å². The zero-order valence-electron chi connectivity index (χ0n) is 26.3. The largest absolute Gasteiger partial charge is 0.497 e. The summed E-state index contributed by atoms with van der Waals surface area (Å²) in [6.45, 7) is -0.0416. The van der Waals surface area contributed by atoms with Crippen LogP contribution in [-0.2, 0) is 25.4 Å². The van der Waals surface area contributed by atoms with Crippen LogP contribution in [0.15, 0.2) is 76.8 Å². The van der Waals surface area contributed by atoms with Gasteiger partial charge in [-0.05, 0) is 72.9 Å². The van der Waals surface area contributed by atoms with Crippen LogP contribution in [0.2, 0.25) is 0 Å². The van der Waals surface area contributed by atoms with E-state index in [-0.39, 0.29) is 42.2 Å². The molecule has 1 aliphatic rings. The summed E-state index contributed by atoms with van der Waals surface area (Å²) in [5.74, 6) is -1.52. The highest BCUT2D eigenvalue weighted by Crippen LogP contribution is 2.36. The number of nitrogens with zero attached hydrogens (tertiary/aromatic N) is 5. The van der Waals surface area contributed by atoms with Crippen molar-refractivity contribution in [2.24, 2.45) is 5.92 Å². The summed E-state index contributed by atoms with van der Waals surface area (Å²) < 4.78 is 109. The Morgan fingerprint density at radius 1 is 0.900 bits per heavy atom. The zero-order valence-corrected chi connectivity index (χ0v) is 26.3. The van der Waals surface area contributed by atoms with Gasteiger partial charge in [-0.1, -0.05) is 12.1 Å². The number of benzene rings is 2. The Kier molecular flexibility index (Phi) is 9.37. The maximum Gasteiger partial charge on any atom is 0.425 e. The standard InChI is InChI=1S/C34H28F7N5O4/c1-49-23-7-5-19(6-8-23)18-46-32(48)29(34(39,40)41)28(16-44-46)50-24-4-2-3-20(11-24)17-45-10-9-21-12-26(27(35)13-25(21)31(45)47)30-42-14-22(15-43-30)33(36,37)38/h5-10,12-16,20,24H,2-4,11,17-18H2,1H3/t20-,24+/m1/s1. The van der Waals surface area contributed by atoms with Gasteiger partial charge in [-0.2, -0.15) is 31.4 Å². The molecule has 3 heterocycles. The van der Waals surface area contributed by atoms with Crippen molar-refractivity contribution in [3.05, 3.63) is 110 Å². The van der Waals surface area contributed by atoms with Gasteiger partial charge in [0.05, 0.1) is 42.5 Å². The lowest BCUT2D eigenvalue weighted by molar-refractivity contribution is -0.141. The summed E-state index contributed by atoms with van der Waals surface area (Å²) in [4.78, 5) is 33.6. The molecule has 1 fully saturated rings. The minimum Gasteiger partial charge on any atom is -0.497 e. The quantitative estimate of drug-likeness (QED) is 0.162. The van der Waals surface area contributed by atoms with E-state index in [2.05, 4.69) is 15.1 Å². The topological polar surface area (TPSA) is 101 Å². The second-order valence-corrected chi connectivity index (χ2v) is 12.0. The van der Waals surface area contributed by atoms with Crippen molar-refractivity contribution in [2.75, 3.05) is 7.11 Å². The third-order valence-electron chi connectivity index (χ3n) is 8.55. The molecule has 0 saturated heterocycles. The predicted molar refractivity (Wildman–Crippen MR) is 166 cm³/mol. The van der Waals surface area contributed by atoms with Crippen LogP contribution in [0, 0.1) is 11.7 Å². The van der Waals surface area contributed by atoms with E-state index in [0.717, 1.165) is 16.9 Å². The first-order valence-electron chi connectivity index (χ1n) is 15.4. The molecule has 262 valence electrons. The van der Waals surface area contributed by atoms with Gasteiger partial charge in [0.25, 0.3) is 11.1 Å². The van der Waals surface area contributed by atoms with E-state index < -0.39 is 52.3 Å². The van der Waals surface area contributed by atoms with Crippen molar-refractivity contribution in [1.82, 2.24) is 24.3 Å². The Morgan fingerprint density at radius 3 is 2.28 bits per heavy atom. The molecule has 0 unspecified atom stereocenters. The number of ether oxygens (including phenoxy) is 2. The number of pyridine rings is 1. The Labute approximate surface area is 278 Å². The average Bonchev–Trinajstić information content (AvgIpc) is 3.07. The Morgan fingerprint density at radius 2 is 1.62 bits per heavy atom. The molecular weight excluding hydrogens is 675 g/mol. The van der Waals surface area contributed by atoms with Crippen LogP contribution in [0.4, 0.5) is 30.7 Å². The van der Waals surface area contributed by atoms with Gasteiger partial charge in [0.15, 0.2) is 17.1 Å². The van der Waals surface area contributed by atoms with Crippen LogP contribution in [0.3, 0.4) is 0 Å². The molecule has 6 rings (SSSR count). The van der Waals surface area contributed by atoms with Crippen molar-refractivity contribution in [3.63, 3.8) is 0 Å². The van der Waals surface area contributed by atoms with Crippen LogP contribution in [0.1, 0.15) is 42.4 Å². The van der Waals surface area contributed by atoms with Crippen LogP contribution in [-0.4, -0.2) is 37.5 Å². The number of aromatic nitrogens is 5. The summed E-state index contributed by atoms with van der Waals surface area (Å²) in [6.07, 6.45) is -5.02. The van der Waals surface area contributed by atoms with Crippen molar-refractivity contribution < 1.29 is 40.2 Å². The van der Waals surface area contributed by atoms with Gasteiger partial charge < -0.3 is 14.0 Å². The van der Waals surface area contributed by atoms with Crippen LogP contribution >= 0.6 is 0 Å². The van der Waals surface area contributed by atoms with Crippen LogP contribution in [0.5, 0.6) is 11.5 Å². The van der Waals surface area contributed by atoms with Gasteiger partial charge in [-0.25, -0.2) is 19.0 Å². The van der Waals surface area contributed by atoms with Crippen molar-refractivity contribution >= 4 is 10.8 Å². The molecule has 0 N–H and O–H groups in total. The fourth-order valence-electron chi connectivity index (χ4n) is 6.05. The fourth-order valence-corrected chi connectivity index (χ4v) is 6.05. The van der Waals surface area contributed by atoms with Crippen molar-refractivity contribution in [2.45, 2.75) is 57.2 Å². The fraction of sp³-hybridized carbons (Fsp3) is 0.324. The molecule has 9 nitrogen and oxygen atoms in total. The molecule has 3 aromatic heterocycles. The Hall–Kier alpha value is -5.28. The molecule has 2 atom stereocenters. The summed E-state index contributed by atoms with van der Waals surface area (Å²) in [5.41, 5.74) is -4.08. The molecule has 1 aliphatic carbocycles. The number of rotatable bonds is 8. The highest BCUT2D eigenvalue weighted by molar-refractivity contribution is 5.86. The lowest BCUT2D eigenvalue weighted by Crippen LogP contribution is -2.34. The number of methoxy groups -OCH3 is 1. The Balaban J connectivity index is 1.18. The first-order valence-corrected chi connectivity index (χ1v) is 15.4. The third kappa shape index (κ3) is 7.33. The lowest BCUT2D eigenvalue weighted by Gasteiger charge is -2.30. The lowest BCUT2D eigenvalue weighted by atomic mass is 9.87. The molecule has 2 aromatic carbocycles. The molecule has 5 aromatic rings. The Bertz CT molecular complexity index is 2130. The molecule has 0 spiro atoms. The van der Waals surface area contributed by atoms with E-state index >= 15 is 4.39 Å². The van der Waals surface area contributed by atoms with E-state index in [0.29, 0.717) is 48.4 Å². The van der Waals surface area contributed by atoms with Crippen LogP contribution < -0.4 is 20.6 Å². The smallest absolute Gasteiger partial charge is 0.425 e. The van der Waals surface area contributed by atoms with E-state index in [1.807, 2.05) is 0 Å².